The molecule has 1 amide bonds. The van der Waals surface area contributed by atoms with Gasteiger partial charge in [-0.05, 0) is 58.6 Å². The molecule has 0 radical (unpaired) electrons. The van der Waals surface area contributed by atoms with Gasteiger partial charge in [0.2, 0.25) is 0 Å². The monoisotopic (exact) mass is 342 g/mol. The van der Waals surface area contributed by atoms with E-state index in [1.807, 2.05) is 13.0 Å². The van der Waals surface area contributed by atoms with Crippen LogP contribution in [-0.4, -0.2) is 33.8 Å². The molecule has 2 N–H and O–H groups in total. The standard InChI is InChI=1S/C16H23ClN2O4/c1-10-11(8-9-13(17)18-10)6-5-7-12(14(20)21)19-15(22)23-16(2,3)4/h8-9,12H,5-7H2,1-4H3,(H,19,22)(H,20,21). The van der Waals surface area contributed by atoms with Gasteiger partial charge in [-0.15, -0.1) is 0 Å². The third-order valence-corrected chi connectivity index (χ3v) is 3.30. The summed E-state index contributed by atoms with van der Waals surface area (Å²) in [5, 5.41) is 12.0. The van der Waals surface area contributed by atoms with E-state index in [1.54, 1.807) is 26.8 Å². The quantitative estimate of drug-likeness (QED) is 0.774. The molecular weight excluding hydrogens is 320 g/mol. The minimum atomic E-state index is -1.08. The number of aliphatic carboxylic acids is 1. The number of nitrogens with zero attached hydrogens (tertiary/aromatic N) is 1. The minimum absolute atomic E-state index is 0.302. The predicted molar refractivity (Wildman–Crippen MR) is 87.7 cm³/mol. The van der Waals surface area contributed by atoms with Gasteiger partial charge >= 0.3 is 12.1 Å². The van der Waals surface area contributed by atoms with Crippen LogP contribution in [0.25, 0.3) is 0 Å². The molecule has 1 aromatic heterocycles. The third kappa shape index (κ3) is 7.32. The van der Waals surface area contributed by atoms with Gasteiger partial charge in [0.05, 0.1) is 0 Å². The molecule has 1 atom stereocenters. The number of carbonyl (C=O) groups excluding carboxylic acids is 1. The van der Waals surface area contributed by atoms with Gasteiger partial charge in [0.1, 0.15) is 16.8 Å². The van der Waals surface area contributed by atoms with E-state index in [9.17, 15) is 14.7 Å². The molecular formula is C16H23ClN2O4. The van der Waals surface area contributed by atoms with Gasteiger partial charge in [-0.1, -0.05) is 17.7 Å². The molecule has 1 unspecified atom stereocenters. The number of alkyl carbamates (subject to hydrolysis) is 1. The van der Waals surface area contributed by atoms with E-state index < -0.39 is 23.7 Å². The van der Waals surface area contributed by atoms with Crippen molar-refractivity contribution in [2.24, 2.45) is 0 Å². The second-order valence-electron chi connectivity index (χ2n) is 6.31. The Morgan fingerprint density at radius 3 is 2.57 bits per heavy atom. The zero-order chi connectivity index (χ0) is 17.6. The van der Waals surface area contributed by atoms with Crippen LogP contribution in [0.2, 0.25) is 5.15 Å². The number of amides is 1. The maximum absolute atomic E-state index is 11.7. The van der Waals surface area contributed by atoms with Crippen LogP contribution in [0, 0.1) is 6.92 Å². The van der Waals surface area contributed by atoms with Crippen molar-refractivity contribution < 1.29 is 19.4 Å². The Balaban J connectivity index is 2.53. The Morgan fingerprint density at radius 2 is 2.04 bits per heavy atom. The van der Waals surface area contributed by atoms with Crippen molar-refractivity contribution in [3.8, 4) is 0 Å². The number of ether oxygens (including phenoxy) is 1. The summed E-state index contributed by atoms with van der Waals surface area (Å²) >= 11 is 5.80. The lowest BCUT2D eigenvalue weighted by molar-refractivity contribution is -0.139. The van der Waals surface area contributed by atoms with Gasteiger partial charge in [0, 0.05) is 5.69 Å². The molecule has 0 aliphatic heterocycles. The summed E-state index contributed by atoms with van der Waals surface area (Å²) in [4.78, 5) is 27.1. The second kappa shape index (κ2) is 8.15. The maximum Gasteiger partial charge on any atom is 0.408 e. The van der Waals surface area contributed by atoms with E-state index in [2.05, 4.69) is 10.3 Å². The molecule has 128 valence electrons. The largest absolute Gasteiger partial charge is 0.480 e. The molecule has 1 rings (SSSR count). The van der Waals surface area contributed by atoms with Gasteiger partial charge < -0.3 is 15.2 Å². The van der Waals surface area contributed by atoms with Crippen molar-refractivity contribution in [1.29, 1.82) is 0 Å². The number of aromatic nitrogens is 1. The summed E-state index contributed by atoms with van der Waals surface area (Å²) in [7, 11) is 0. The van der Waals surface area contributed by atoms with Crippen molar-refractivity contribution in [3.63, 3.8) is 0 Å². The van der Waals surface area contributed by atoms with Crippen molar-refractivity contribution in [3.05, 3.63) is 28.5 Å². The summed E-state index contributed by atoms with van der Waals surface area (Å²) in [5.41, 5.74) is 1.17. The smallest absolute Gasteiger partial charge is 0.408 e. The van der Waals surface area contributed by atoms with Crippen LogP contribution in [0.5, 0.6) is 0 Å². The first kappa shape index (κ1) is 19.2. The van der Waals surface area contributed by atoms with Gasteiger partial charge in [-0.25, -0.2) is 14.6 Å². The van der Waals surface area contributed by atoms with Crippen molar-refractivity contribution in [1.82, 2.24) is 10.3 Å². The Labute approximate surface area is 141 Å². The Bertz CT molecular complexity index is 570. The molecule has 1 aromatic rings. The molecule has 7 heteroatoms. The molecule has 0 fully saturated rings. The topological polar surface area (TPSA) is 88.5 Å². The van der Waals surface area contributed by atoms with Crippen LogP contribution in [0.3, 0.4) is 0 Å². The highest BCUT2D eigenvalue weighted by atomic mass is 35.5. The third-order valence-electron chi connectivity index (χ3n) is 3.09. The first-order valence-electron chi connectivity index (χ1n) is 7.43. The highest BCUT2D eigenvalue weighted by Crippen LogP contribution is 2.14. The molecule has 23 heavy (non-hydrogen) atoms. The average Bonchev–Trinajstić information content (AvgIpc) is 2.37. The molecule has 1 heterocycles. The molecule has 0 aliphatic carbocycles. The maximum atomic E-state index is 11.7. The molecule has 0 aromatic carbocycles. The zero-order valence-electron chi connectivity index (χ0n) is 13.9. The molecule has 0 spiro atoms. The molecule has 6 nitrogen and oxygen atoms in total. The molecule has 0 saturated heterocycles. The number of hydrogen-bond acceptors (Lipinski definition) is 4. The Kier molecular flexibility index (Phi) is 6.81. The number of halogens is 1. The fourth-order valence-electron chi connectivity index (χ4n) is 2.03. The minimum Gasteiger partial charge on any atom is -0.480 e. The first-order chi connectivity index (χ1) is 10.6. The van der Waals surface area contributed by atoms with Crippen molar-refractivity contribution >= 4 is 23.7 Å². The normalized spacial score (nSPS) is 12.6. The molecule has 0 aliphatic rings. The number of carbonyl (C=O) groups is 2. The average molecular weight is 343 g/mol. The first-order valence-corrected chi connectivity index (χ1v) is 7.80. The predicted octanol–water partition coefficient (Wildman–Crippen LogP) is 3.34. The van der Waals surface area contributed by atoms with Crippen molar-refractivity contribution in [2.75, 3.05) is 0 Å². The van der Waals surface area contributed by atoms with Gasteiger partial charge in [0.25, 0.3) is 0 Å². The highest BCUT2D eigenvalue weighted by Gasteiger charge is 2.23. The van der Waals surface area contributed by atoms with E-state index in [1.165, 1.54) is 0 Å². The number of rotatable bonds is 6. The van der Waals surface area contributed by atoms with Gasteiger partial charge in [-0.2, -0.15) is 0 Å². The number of pyridine rings is 1. The van der Waals surface area contributed by atoms with Crippen LogP contribution in [0.15, 0.2) is 12.1 Å². The van der Waals surface area contributed by atoms with Crippen LogP contribution >= 0.6 is 11.6 Å². The Hall–Kier alpha value is -1.82. The number of carboxylic acids is 1. The molecule has 0 bridgehead atoms. The van der Waals surface area contributed by atoms with E-state index in [4.69, 9.17) is 16.3 Å². The number of hydrogen-bond donors (Lipinski definition) is 2. The Morgan fingerprint density at radius 1 is 1.39 bits per heavy atom. The van der Waals surface area contributed by atoms with Gasteiger partial charge in [0.15, 0.2) is 0 Å². The fourth-order valence-corrected chi connectivity index (χ4v) is 2.22. The summed E-state index contributed by atoms with van der Waals surface area (Å²) < 4.78 is 5.08. The van der Waals surface area contributed by atoms with Crippen LogP contribution in [0.4, 0.5) is 4.79 Å². The number of nitrogens with one attached hydrogen (secondary N) is 1. The second-order valence-corrected chi connectivity index (χ2v) is 6.70. The molecule has 0 saturated carbocycles. The number of aryl methyl sites for hydroxylation is 2. The fraction of sp³-hybridized carbons (Fsp3) is 0.562. The summed E-state index contributed by atoms with van der Waals surface area (Å²) in [6.07, 6.45) is 0.831. The van der Waals surface area contributed by atoms with Crippen molar-refractivity contribution in [2.45, 2.75) is 58.6 Å². The highest BCUT2D eigenvalue weighted by molar-refractivity contribution is 6.29. The van der Waals surface area contributed by atoms with Crippen LogP contribution in [0.1, 0.15) is 44.9 Å². The van der Waals surface area contributed by atoms with Crippen LogP contribution < -0.4 is 5.32 Å². The van der Waals surface area contributed by atoms with Crippen LogP contribution in [-0.2, 0) is 16.0 Å². The lowest BCUT2D eigenvalue weighted by atomic mass is 10.0. The SMILES string of the molecule is Cc1nc(Cl)ccc1CCCC(NC(=O)OC(C)(C)C)C(=O)O. The van der Waals surface area contributed by atoms with E-state index in [0.29, 0.717) is 24.4 Å². The van der Waals surface area contributed by atoms with E-state index >= 15 is 0 Å². The summed E-state index contributed by atoms with van der Waals surface area (Å²) in [6, 6.07) is 2.60. The lowest BCUT2D eigenvalue weighted by Gasteiger charge is -2.22. The lowest BCUT2D eigenvalue weighted by Crippen LogP contribution is -2.43. The summed E-state index contributed by atoms with van der Waals surface area (Å²) in [6.45, 7) is 7.02. The zero-order valence-corrected chi connectivity index (χ0v) is 14.6. The summed E-state index contributed by atoms with van der Waals surface area (Å²) in [5.74, 6) is -1.08. The number of carboxylic acid groups (broad SMARTS) is 1. The van der Waals surface area contributed by atoms with Gasteiger partial charge in [-0.3, -0.25) is 0 Å². The van der Waals surface area contributed by atoms with E-state index in [-0.39, 0.29) is 0 Å². The van der Waals surface area contributed by atoms with E-state index in [0.717, 1.165) is 11.3 Å².